The normalized spacial score (nSPS) is 16.8. The van der Waals surface area contributed by atoms with Gasteiger partial charge in [0, 0.05) is 35.4 Å². The molecule has 0 aliphatic carbocycles. The maximum absolute atomic E-state index is 12.7. The second-order valence-corrected chi connectivity index (χ2v) is 6.03. The van der Waals surface area contributed by atoms with E-state index in [1.54, 1.807) is 13.0 Å². The second kappa shape index (κ2) is 5.91. The van der Waals surface area contributed by atoms with E-state index < -0.39 is 13.3 Å². The Morgan fingerprint density at radius 3 is 2.47 bits per heavy atom. The topological polar surface area (TPSA) is 15.3 Å². The Labute approximate surface area is 124 Å². The molecule has 0 unspecified atom stereocenters. The molecular formula is C12H16BF3IN2-. The molecule has 2 rings (SSSR count). The first-order valence-corrected chi connectivity index (χ1v) is 7.40. The van der Waals surface area contributed by atoms with E-state index in [2.05, 4.69) is 32.8 Å². The van der Waals surface area contributed by atoms with E-state index >= 15 is 0 Å². The highest BCUT2D eigenvalue weighted by Crippen LogP contribution is 2.28. The van der Waals surface area contributed by atoms with Crippen molar-refractivity contribution in [3.63, 3.8) is 0 Å². The Hall–Kier alpha value is -0.435. The summed E-state index contributed by atoms with van der Waals surface area (Å²) in [7, 11) is 0. The van der Waals surface area contributed by atoms with Gasteiger partial charge >= 0.3 is 6.98 Å². The number of rotatable bonds is 3. The fraction of sp³-hybridized carbons (Fsp3) is 0.500. The molecule has 7 heteroatoms. The van der Waals surface area contributed by atoms with Gasteiger partial charge in [-0.1, -0.05) is 11.9 Å². The first-order chi connectivity index (χ1) is 8.87. The summed E-state index contributed by atoms with van der Waals surface area (Å²) in [6, 6.07) is 3.69. The van der Waals surface area contributed by atoms with Gasteiger partial charge in [0.05, 0.1) is 0 Å². The van der Waals surface area contributed by atoms with Gasteiger partial charge in [-0.05, 0) is 47.2 Å². The molecule has 0 spiro atoms. The maximum Gasteiger partial charge on any atom is 0.482 e. The predicted octanol–water partition coefficient (Wildman–Crippen LogP) is 2.94. The van der Waals surface area contributed by atoms with Crippen molar-refractivity contribution >= 4 is 35.3 Å². The Morgan fingerprint density at radius 2 is 1.89 bits per heavy atom. The summed E-state index contributed by atoms with van der Waals surface area (Å²) >= 11 is 2.12. The molecule has 19 heavy (non-hydrogen) atoms. The standard InChI is InChI=1S/C12H16BF3IN2/c1-9-10(8-13(14,15)16)6-11(7-12(9)17)19-4-2-18-3-5-19/h6-7,18H,2-5,8H2,1H3/q-1. The molecule has 1 saturated heterocycles. The molecule has 0 radical (unpaired) electrons. The molecule has 0 bridgehead atoms. The lowest BCUT2D eigenvalue weighted by atomic mass is 9.80. The number of anilines is 1. The van der Waals surface area contributed by atoms with Gasteiger partial charge in [0.25, 0.3) is 0 Å². The number of halogens is 4. The highest BCUT2D eigenvalue weighted by atomic mass is 127. The molecule has 1 heterocycles. The van der Waals surface area contributed by atoms with Crippen molar-refractivity contribution in [1.82, 2.24) is 5.32 Å². The van der Waals surface area contributed by atoms with E-state index in [4.69, 9.17) is 0 Å². The zero-order chi connectivity index (χ0) is 14.0. The molecule has 0 saturated carbocycles. The van der Waals surface area contributed by atoms with Crippen molar-refractivity contribution in [2.24, 2.45) is 0 Å². The summed E-state index contributed by atoms with van der Waals surface area (Å²) in [5.41, 5.74) is 2.07. The molecule has 0 aromatic heterocycles. The Kier molecular flexibility index (Phi) is 4.65. The first-order valence-electron chi connectivity index (χ1n) is 6.32. The minimum atomic E-state index is -4.79. The van der Waals surface area contributed by atoms with Crippen LogP contribution in [0.2, 0.25) is 0 Å². The average molecular weight is 383 g/mol. The predicted molar refractivity (Wildman–Crippen MR) is 81.8 cm³/mol. The molecule has 1 aliphatic heterocycles. The third kappa shape index (κ3) is 4.01. The highest BCUT2D eigenvalue weighted by Gasteiger charge is 2.25. The van der Waals surface area contributed by atoms with Gasteiger partial charge in [0.15, 0.2) is 0 Å². The molecule has 1 aromatic rings. The summed E-state index contributed by atoms with van der Waals surface area (Å²) in [4.78, 5) is 2.14. The zero-order valence-corrected chi connectivity index (χ0v) is 12.9. The highest BCUT2D eigenvalue weighted by molar-refractivity contribution is 14.1. The van der Waals surface area contributed by atoms with Crippen LogP contribution in [0.1, 0.15) is 11.1 Å². The summed E-state index contributed by atoms with van der Waals surface area (Å²) in [5.74, 6) is 0. The van der Waals surface area contributed by atoms with E-state index in [-0.39, 0.29) is 0 Å². The summed E-state index contributed by atoms with van der Waals surface area (Å²) in [5, 5.41) is 3.24. The van der Waals surface area contributed by atoms with Crippen LogP contribution in [0.3, 0.4) is 0 Å². The van der Waals surface area contributed by atoms with Crippen LogP contribution in [0.15, 0.2) is 12.1 Å². The van der Waals surface area contributed by atoms with Crippen LogP contribution in [0.4, 0.5) is 18.6 Å². The average Bonchev–Trinajstić information content (AvgIpc) is 2.34. The number of nitrogens with one attached hydrogen (secondary N) is 1. The van der Waals surface area contributed by atoms with Crippen LogP contribution >= 0.6 is 22.6 Å². The van der Waals surface area contributed by atoms with Gasteiger partial charge < -0.3 is 23.2 Å². The minimum Gasteiger partial charge on any atom is -0.449 e. The Morgan fingerprint density at radius 1 is 1.26 bits per heavy atom. The van der Waals surface area contributed by atoms with Crippen LogP contribution in [0.5, 0.6) is 0 Å². The fourth-order valence-corrected chi connectivity index (χ4v) is 2.95. The van der Waals surface area contributed by atoms with Crippen LogP contribution in [-0.4, -0.2) is 33.2 Å². The molecular weight excluding hydrogens is 367 g/mol. The van der Waals surface area contributed by atoms with Crippen molar-refractivity contribution in [3.8, 4) is 0 Å². The lowest BCUT2D eigenvalue weighted by molar-refractivity contribution is 0.468. The number of benzene rings is 1. The largest absolute Gasteiger partial charge is 0.482 e. The number of nitrogens with zero attached hydrogens (tertiary/aromatic N) is 1. The van der Waals surface area contributed by atoms with Gasteiger partial charge in [-0.2, -0.15) is 0 Å². The number of piperazine rings is 1. The molecule has 0 amide bonds. The van der Waals surface area contributed by atoms with E-state index in [1.807, 2.05) is 6.07 Å². The SMILES string of the molecule is Cc1c(I)cc(N2CCNCC2)cc1C[B-](F)(F)F. The second-order valence-electron chi connectivity index (χ2n) is 4.86. The van der Waals surface area contributed by atoms with Crippen molar-refractivity contribution in [2.75, 3.05) is 31.1 Å². The molecule has 1 fully saturated rings. The van der Waals surface area contributed by atoms with Gasteiger partial charge in [-0.15, -0.1) is 0 Å². The third-order valence-electron chi connectivity index (χ3n) is 3.37. The van der Waals surface area contributed by atoms with Gasteiger partial charge in [0.2, 0.25) is 0 Å². The van der Waals surface area contributed by atoms with Crippen molar-refractivity contribution in [3.05, 3.63) is 26.8 Å². The lowest BCUT2D eigenvalue weighted by Gasteiger charge is -2.30. The maximum atomic E-state index is 12.7. The third-order valence-corrected chi connectivity index (χ3v) is 4.49. The van der Waals surface area contributed by atoms with E-state index in [1.165, 1.54) is 0 Å². The van der Waals surface area contributed by atoms with E-state index in [0.717, 1.165) is 41.0 Å². The number of hydrogen-bond acceptors (Lipinski definition) is 2. The monoisotopic (exact) mass is 383 g/mol. The van der Waals surface area contributed by atoms with Crippen LogP contribution in [0, 0.1) is 10.5 Å². The summed E-state index contributed by atoms with van der Waals surface area (Å²) < 4.78 is 38.9. The minimum absolute atomic E-state index is 0.410. The van der Waals surface area contributed by atoms with Gasteiger partial charge in [-0.25, -0.2) is 0 Å². The van der Waals surface area contributed by atoms with Crippen LogP contribution in [0.25, 0.3) is 0 Å². The molecule has 1 N–H and O–H groups in total. The van der Waals surface area contributed by atoms with E-state index in [0.29, 0.717) is 5.56 Å². The van der Waals surface area contributed by atoms with Gasteiger partial charge in [0.1, 0.15) is 0 Å². The molecule has 0 atom stereocenters. The Balaban J connectivity index is 2.30. The Bertz CT molecular complexity index is 459. The number of hydrogen-bond donors (Lipinski definition) is 1. The smallest absolute Gasteiger partial charge is 0.449 e. The molecule has 1 aromatic carbocycles. The fourth-order valence-electron chi connectivity index (χ4n) is 2.29. The van der Waals surface area contributed by atoms with Crippen LogP contribution in [-0.2, 0) is 6.32 Å². The van der Waals surface area contributed by atoms with Crippen molar-refractivity contribution < 1.29 is 12.9 Å². The quantitative estimate of drug-likeness (QED) is 0.638. The zero-order valence-electron chi connectivity index (χ0n) is 10.7. The molecule has 2 nitrogen and oxygen atoms in total. The van der Waals surface area contributed by atoms with E-state index in [9.17, 15) is 12.9 Å². The van der Waals surface area contributed by atoms with Gasteiger partial charge in [-0.3, -0.25) is 0 Å². The molecule has 1 aliphatic rings. The molecule has 106 valence electrons. The van der Waals surface area contributed by atoms with Crippen molar-refractivity contribution in [2.45, 2.75) is 13.2 Å². The van der Waals surface area contributed by atoms with Crippen LogP contribution < -0.4 is 10.2 Å². The lowest BCUT2D eigenvalue weighted by Crippen LogP contribution is -2.43. The summed E-state index contributed by atoms with van der Waals surface area (Å²) in [6.45, 7) is 0.419. The first kappa shape index (κ1) is 15.0. The summed E-state index contributed by atoms with van der Waals surface area (Å²) in [6.07, 6.45) is -0.790. The van der Waals surface area contributed by atoms with Crippen molar-refractivity contribution in [1.29, 1.82) is 0 Å².